The number of amides is 1. The van der Waals surface area contributed by atoms with E-state index in [9.17, 15) is 9.18 Å². The molecular formula is C14H16FN3O. The minimum atomic E-state index is -0.520. The van der Waals surface area contributed by atoms with Crippen LogP contribution < -0.4 is 0 Å². The van der Waals surface area contributed by atoms with E-state index in [0.717, 1.165) is 38.8 Å². The molecule has 19 heavy (non-hydrogen) atoms. The van der Waals surface area contributed by atoms with Gasteiger partial charge < -0.3 is 9.88 Å². The van der Waals surface area contributed by atoms with Gasteiger partial charge >= 0.3 is 0 Å². The second kappa shape index (κ2) is 4.99. The van der Waals surface area contributed by atoms with Gasteiger partial charge in [0.1, 0.15) is 5.52 Å². The smallest absolute Gasteiger partial charge is 0.256 e. The molecule has 3 rings (SSSR count). The van der Waals surface area contributed by atoms with E-state index in [4.69, 9.17) is 0 Å². The highest BCUT2D eigenvalue weighted by molar-refractivity contribution is 5.97. The van der Waals surface area contributed by atoms with E-state index >= 15 is 0 Å². The number of aromatic nitrogens is 2. The van der Waals surface area contributed by atoms with Crippen LogP contribution in [0.5, 0.6) is 0 Å². The van der Waals surface area contributed by atoms with Crippen LogP contribution in [0.1, 0.15) is 36.0 Å². The Kier molecular flexibility index (Phi) is 3.19. The summed E-state index contributed by atoms with van der Waals surface area (Å²) in [5.74, 6) is -0.739. The van der Waals surface area contributed by atoms with Crippen LogP contribution in [0.4, 0.5) is 4.39 Å². The van der Waals surface area contributed by atoms with Gasteiger partial charge in [0, 0.05) is 13.1 Å². The summed E-state index contributed by atoms with van der Waals surface area (Å²) in [6.07, 6.45) is 5.72. The molecule has 0 atom stereocenters. The number of hydrogen-bond acceptors (Lipinski definition) is 2. The van der Waals surface area contributed by atoms with Crippen LogP contribution in [-0.2, 0) is 0 Å². The zero-order chi connectivity index (χ0) is 13.2. The van der Waals surface area contributed by atoms with Crippen molar-refractivity contribution in [3.63, 3.8) is 0 Å². The summed E-state index contributed by atoms with van der Waals surface area (Å²) in [6, 6.07) is 3.25. The number of hydrogen-bond donors (Lipinski definition) is 1. The number of carbonyl (C=O) groups is 1. The molecule has 100 valence electrons. The fourth-order valence-electron chi connectivity index (χ4n) is 2.58. The van der Waals surface area contributed by atoms with E-state index in [1.807, 2.05) is 0 Å². The predicted octanol–water partition coefficient (Wildman–Crippen LogP) is 2.72. The third kappa shape index (κ3) is 2.20. The summed E-state index contributed by atoms with van der Waals surface area (Å²) in [5.41, 5.74) is 0.979. The summed E-state index contributed by atoms with van der Waals surface area (Å²) in [5, 5.41) is 0. The first-order valence-electron chi connectivity index (χ1n) is 6.68. The van der Waals surface area contributed by atoms with Gasteiger partial charge in [-0.25, -0.2) is 9.37 Å². The largest absolute Gasteiger partial charge is 0.345 e. The third-order valence-corrected chi connectivity index (χ3v) is 3.65. The minimum absolute atomic E-state index is 0.126. The van der Waals surface area contributed by atoms with Crippen LogP contribution in [0.15, 0.2) is 18.5 Å². The number of fused-ring (bicyclic) bond motifs is 1. The second-order valence-corrected chi connectivity index (χ2v) is 4.93. The average molecular weight is 261 g/mol. The van der Waals surface area contributed by atoms with Crippen LogP contribution >= 0.6 is 0 Å². The fraction of sp³-hybridized carbons (Fsp3) is 0.429. The molecule has 4 nitrogen and oxygen atoms in total. The van der Waals surface area contributed by atoms with Gasteiger partial charge in [0.05, 0.1) is 17.4 Å². The maximum absolute atomic E-state index is 14.3. The quantitative estimate of drug-likeness (QED) is 0.858. The molecule has 2 heterocycles. The van der Waals surface area contributed by atoms with Crippen LogP contribution in [0.2, 0.25) is 0 Å². The predicted molar refractivity (Wildman–Crippen MR) is 70.4 cm³/mol. The number of rotatable bonds is 1. The van der Waals surface area contributed by atoms with Crippen molar-refractivity contribution < 1.29 is 9.18 Å². The zero-order valence-corrected chi connectivity index (χ0v) is 10.7. The monoisotopic (exact) mass is 261 g/mol. The SMILES string of the molecule is O=C(c1ccc2[nH]cnc2c1F)N1CCCCCC1. The van der Waals surface area contributed by atoms with Crippen LogP contribution in [0.3, 0.4) is 0 Å². The average Bonchev–Trinajstić information content (AvgIpc) is 2.73. The molecule has 2 aromatic rings. The standard InChI is InChI=1S/C14H16FN3O/c15-12-10(5-6-11-13(12)17-9-16-11)14(19)18-7-3-1-2-4-8-18/h5-6,9H,1-4,7-8H2,(H,16,17). The molecule has 1 aliphatic rings. The highest BCUT2D eigenvalue weighted by atomic mass is 19.1. The molecule has 1 N–H and O–H groups in total. The normalized spacial score (nSPS) is 16.6. The molecule has 1 fully saturated rings. The van der Waals surface area contributed by atoms with Gasteiger partial charge in [-0.2, -0.15) is 0 Å². The van der Waals surface area contributed by atoms with Gasteiger partial charge in [-0.05, 0) is 25.0 Å². The van der Waals surface area contributed by atoms with Gasteiger partial charge in [-0.15, -0.1) is 0 Å². The Morgan fingerprint density at radius 3 is 2.68 bits per heavy atom. The number of halogens is 1. The van der Waals surface area contributed by atoms with Crippen LogP contribution in [-0.4, -0.2) is 33.9 Å². The molecule has 1 aromatic heterocycles. The number of aromatic amines is 1. The van der Waals surface area contributed by atoms with Crippen molar-refractivity contribution in [3.8, 4) is 0 Å². The van der Waals surface area contributed by atoms with Gasteiger partial charge in [0.2, 0.25) is 0 Å². The fourth-order valence-corrected chi connectivity index (χ4v) is 2.58. The van der Waals surface area contributed by atoms with E-state index in [0.29, 0.717) is 5.52 Å². The summed E-state index contributed by atoms with van der Waals surface area (Å²) in [4.78, 5) is 20.9. The molecule has 1 aliphatic heterocycles. The Morgan fingerprint density at radius 2 is 1.95 bits per heavy atom. The first-order valence-corrected chi connectivity index (χ1v) is 6.68. The number of nitrogens with one attached hydrogen (secondary N) is 1. The molecule has 1 amide bonds. The van der Waals surface area contributed by atoms with E-state index in [2.05, 4.69) is 9.97 Å². The van der Waals surface area contributed by atoms with E-state index in [-0.39, 0.29) is 17.0 Å². The molecule has 0 saturated carbocycles. The van der Waals surface area contributed by atoms with Crippen LogP contribution in [0.25, 0.3) is 11.0 Å². The number of likely N-dealkylation sites (tertiary alicyclic amines) is 1. The molecule has 0 radical (unpaired) electrons. The van der Waals surface area contributed by atoms with Crippen molar-refractivity contribution in [2.24, 2.45) is 0 Å². The Bertz CT molecular complexity index is 600. The molecule has 0 spiro atoms. The van der Waals surface area contributed by atoms with Gasteiger partial charge in [0.25, 0.3) is 5.91 Å². The molecule has 0 bridgehead atoms. The number of carbonyl (C=O) groups excluding carboxylic acids is 1. The first kappa shape index (κ1) is 12.1. The van der Waals surface area contributed by atoms with Gasteiger partial charge in [-0.1, -0.05) is 12.8 Å². The summed E-state index contributed by atoms with van der Waals surface area (Å²) < 4.78 is 14.3. The zero-order valence-electron chi connectivity index (χ0n) is 10.7. The highest BCUT2D eigenvalue weighted by Gasteiger charge is 2.22. The third-order valence-electron chi connectivity index (χ3n) is 3.65. The number of nitrogens with zero attached hydrogens (tertiary/aromatic N) is 2. The molecule has 0 unspecified atom stereocenters. The lowest BCUT2D eigenvalue weighted by Crippen LogP contribution is -2.32. The lowest BCUT2D eigenvalue weighted by atomic mass is 10.1. The lowest BCUT2D eigenvalue weighted by Gasteiger charge is -2.20. The topological polar surface area (TPSA) is 49.0 Å². The molecule has 1 saturated heterocycles. The maximum Gasteiger partial charge on any atom is 0.256 e. The van der Waals surface area contributed by atoms with Crippen molar-refractivity contribution in [3.05, 3.63) is 29.8 Å². The molecule has 0 aliphatic carbocycles. The van der Waals surface area contributed by atoms with Crippen molar-refractivity contribution in [1.29, 1.82) is 0 Å². The van der Waals surface area contributed by atoms with Gasteiger partial charge in [0.15, 0.2) is 5.82 Å². The summed E-state index contributed by atoms with van der Waals surface area (Å²) >= 11 is 0. The number of H-pyrrole nitrogens is 1. The van der Waals surface area contributed by atoms with E-state index < -0.39 is 5.82 Å². The maximum atomic E-state index is 14.3. The highest BCUT2D eigenvalue weighted by Crippen LogP contribution is 2.20. The van der Waals surface area contributed by atoms with Crippen LogP contribution in [0, 0.1) is 5.82 Å². The first-order chi connectivity index (χ1) is 9.27. The minimum Gasteiger partial charge on any atom is -0.345 e. The molecular weight excluding hydrogens is 245 g/mol. The molecule has 1 aromatic carbocycles. The van der Waals surface area contributed by atoms with Crippen molar-refractivity contribution in [1.82, 2.24) is 14.9 Å². The number of benzene rings is 1. The van der Waals surface area contributed by atoms with Crippen molar-refractivity contribution in [2.75, 3.05) is 13.1 Å². The van der Waals surface area contributed by atoms with E-state index in [1.54, 1.807) is 17.0 Å². The van der Waals surface area contributed by atoms with Crippen molar-refractivity contribution in [2.45, 2.75) is 25.7 Å². The Hall–Kier alpha value is -1.91. The summed E-state index contributed by atoms with van der Waals surface area (Å²) in [6.45, 7) is 1.44. The number of imidazole rings is 1. The van der Waals surface area contributed by atoms with Crippen molar-refractivity contribution >= 4 is 16.9 Å². The Balaban J connectivity index is 1.94. The van der Waals surface area contributed by atoms with E-state index in [1.165, 1.54) is 6.33 Å². The Labute approximate surface area is 110 Å². The summed E-state index contributed by atoms with van der Waals surface area (Å²) in [7, 11) is 0. The van der Waals surface area contributed by atoms with Gasteiger partial charge in [-0.3, -0.25) is 4.79 Å². The Morgan fingerprint density at radius 1 is 1.21 bits per heavy atom. The second-order valence-electron chi connectivity index (χ2n) is 4.93. The molecule has 5 heteroatoms. The lowest BCUT2D eigenvalue weighted by molar-refractivity contribution is 0.0757.